The van der Waals surface area contributed by atoms with Crippen molar-refractivity contribution in [2.75, 3.05) is 0 Å². The third kappa shape index (κ3) is 5.49. The van der Waals surface area contributed by atoms with Crippen molar-refractivity contribution in [1.29, 1.82) is 0 Å². The number of rotatable bonds is 8. The van der Waals surface area contributed by atoms with Gasteiger partial charge in [-0.3, -0.25) is 9.59 Å². The number of H-pyrrole nitrogens is 1. The monoisotopic (exact) mass is 476 g/mol. The Bertz CT molecular complexity index is 1270. The summed E-state index contributed by atoms with van der Waals surface area (Å²) >= 11 is 1.68. The van der Waals surface area contributed by atoms with Crippen LogP contribution in [0.1, 0.15) is 69.7 Å². The van der Waals surface area contributed by atoms with Gasteiger partial charge in [-0.15, -0.1) is 21.5 Å². The van der Waals surface area contributed by atoms with Crippen LogP contribution in [0.5, 0.6) is 0 Å². The van der Waals surface area contributed by atoms with Crippen LogP contribution in [0.2, 0.25) is 0 Å². The quantitative estimate of drug-likeness (QED) is 0.355. The molecule has 11 heteroatoms. The van der Waals surface area contributed by atoms with Crippen LogP contribution in [-0.2, 0) is 6.54 Å². The molecule has 0 unspecified atom stereocenters. The molecule has 4 aromatic rings. The van der Waals surface area contributed by atoms with Gasteiger partial charge >= 0.3 is 0 Å². The van der Waals surface area contributed by atoms with Gasteiger partial charge in [-0.2, -0.15) is 5.21 Å². The summed E-state index contributed by atoms with van der Waals surface area (Å²) in [5.41, 5.74) is 2.99. The molecule has 0 bridgehead atoms. The average Bonchev–Trinajstić information content (AvgIpc) is 3.55. The fourth-order valence-corrected chi connectivity index (χ4v) is 4.16. The number of nitrogens with one attached hydrogen (secondary N) is 3. The largest absolute Gasteiger partial charge is 0.347 e. The van der Waals surface area contributed by atoms with E-state index in [4.69, 9.17) is 0 Å². The van der Waals surface area contributed by atoms with E-state index in [9.17, 15) is 9.59 Å². The molecule has 0 saturated carbocycles. The Morgan fingerprint density at radius 2 is 1.76 bits per heavy atom. The zero-order valence-electron chi connectivity index (χ0n) is 18.9. The summed E-state index contributed by atoms with van der Waals surface area (Å²) < 4.78 is 0. The van der Waals surface area contributed by atoms with Gasteiger partial charge in [0.15, 0.2) is 0 Å². The van der Waals surface area contributed by atoms with E-state index in [0.29, 0.717) is 18.3 Å². The lowest BCUT2D eigenvalue weighted by molar-refractivity contribution is 0.0934. The van der Waals surface area contributed by atoms with Crippen molar-refractivity contribution in [3.8, 4) is 11.4 Å². The molecule has 0 fully saturated rings. The first-order chi connectivity index (χ1) is 16.4. The van der Waals surface area contributed by atoms with Gasteiger partial charge in [-0.25, -0.2) is 9.97 Å². The van der Waals surface area contributed by atoms with Gasteiger partial charge in [0, 0.05) is 23.1 Å². The molecule has 3 heterocycles. The van der Waals surface area contributed by atoms with Crippen molar-refractivity contribution in [3.63, 3.8) is 0 Å². The van der Waals surface area contributed by atoms with Crippen LogP contribution in [0.3, 0.4) is 0 Å². The Labute approximate surface area is 200 Å². The number of hydrogen-bond acceptors (Lipinski definition) is 8. The number of nitrogens with zero attached hydrogens (tertiary/aromatic N) is 5. The van der Waals surface area contributed by atoms with Crippen LogP contribution in [0.4, 0.5) is 0 Å². The smallest absolute Gasteiger partial charge is 0.270 e. The lowest BCUT2D eigenvalue weighted by atomic mass is 10.1. The van der Waals surface area contributed by atoms with Gasteiger partial charge in [-0.1, -0.05) is 38.1 Å². The van der Waals surface area contributed by atoms with Crippen LogP contribution in [0.25, 0.3) is 11.4 Å². The molecule has 0 aliphatic rings. The summed E-state index contributed by atoms with van der Waals surface area (Å²) in [5.74, 6) is 0.182. The molecule has 174 valence electrons. The second-order valence-corrected chi connectivity index (χ2v) is 8.98. The summed E-state index contributed by atoms with van der Waals surface area (Å²) in [4.78, 5) is 34.6. The van der Waals surface area contributed by atoms with E-state index >= 15 is 0 Å². The van der Waals surface area contributed by atoms with Gasteiger partial charge in [0.1, 0.15) is 17.7 Å². The number of tetrazole rings is 1. The summed E-state index contributed by atoms with van der Waals surface area (Å²) in [7, 11) is 0. The number of amides is 2. The fraction of sp³-hybridized carbons (Fsp3) is 0.261. The van der Waals surface area contributed by atoms with Gasteiger partial charge < -0.3 is 10.6 Å². The fourth-order valence-electron chi connectivity index (χ4n) is 3.23. The Hall–Kier alpha value is -3.99. The van der Waals surface area contributed by atoms with E-state index in [1.165, 1.54) is 17.3 Å². The van der Waals surface area contributed by atoms with E-state index in [-0.39, 0.29) is 23.3 Å². The molecule has 34 heavy (non-hydrogen) atoms. The predicted octanol–water partition coefficient (Wildman–Crippen LogP) is 3.26. The highest BCUT2D eigenvalue weighted by Crippen LogP contribution is 2.23. The topological polar surface area (TPSA) is 138 Å². The minimum Gasteiger partial charge on any atom is -0.347 e. The summed E-state index contributed by atoms with van der Waals surface area (Å²) in [6.45, 7) is 6.52. The lowest BCUT2D eigenvalue weighted by Crippen LogP contribution is -2.29. The molecule has 0 aliphatic heterocycles. The Morgan fingerprint density at radius 1 is 1.03 bits per heavy atom. The van der Waals surface area contributed by atoms with Gasteiger partial charge in [-0.05, 0) is 40.6 Å². The maximum absolute atomic E-state index is 12.7. The number of aromatic nitrogens is 6. The number of benzene rings is 1. The van der Waals surface area contributed by atoms with Crippen molar-refractivity contribution in [1.82, 2.24) is 41.2 Å². The predicted molar refractivity (Wildman–Crippen MR) is 127 cm³/mol. The molecule has 3 N–H and O–H groups in total. The third-order valence-corrected chi connectivity index (χ3v) is 6.47. The highest BCUT2D eigenvalue weighted by atomic mass is 32.1. The van der Waals surface area contributed by atoms with E-state index in [0.717, 1.165) is 16.7 Å². The van der Waals surface area contributed by atoms with Crippen molar-refractivity contribution in [2.45, 2.75) is 39.3 Å². The second kappa shape index (κ2) is 10.3. The van der Waals surface area contributed by atoms with Gasteiger partial charge in [0.05, 0.1) is 6.04 Å². The molecule has 0 radical (unpaired) electrons. The first kappa shape index (κ1) is 23.2. The molecule has 1 aromatic carbocycles. The zero-order chi connectivity index (χ0) is 24.1. The molecule has 4 rings (SSSR count). The SMILES string of the molecule is CC(C)c1cc(CNC(=O)c2cc(C(=O)N[C@@H](C)c3ccc(-c4nn[nH]n4)cc3)ncn2)cs1. The Morgan fingerprint density at radius 3 is 2.41 bits per heavy atom. The van der Waals surface area contributed by atoms with Crippen LogP contribution in [-0.4, -0.2) is 42.4 Å². The van der Waals surface area contributed by atoms with E-state index in [2.05, 4.69) is 61.1 Å². The van der Waals surface area contributed by atoms with Crippen LogP contribution in [0, 0.1) is 0 Å². The molecule has 10 nitrogen and oxygen atoms in total. The molecular weight excluding hydrogens is 452 g/mol. The molecule has 2 amide bonds. The maximum atomic E-state index is 12.7. The second-order valence-electron chi connectivity index (χ2n) is 8.04. The number of hydrogen-bond donors (Lipinski definition) is 3. The number of aromatic amines is 1. The molecule has 3 aromatic heterocycles. The summed E-state index contributed by atoms with van der Waals surface area (Å²) in [6, 6.07) is 10.7. The highest BCUT2D eigenvalue weighted by Gasteiger charge is 2.16. The number of carbonyl (C=O) groups excluding carboxylic acids is 2. The summed E-state index contributed by atoms with van der Waals surface area (Å²) in [6.07, 6.45) is 1.22. The molecule has 0 saturated heterocycles. The molecule has 1 atom stereocenters. The van der Waals surface area contributed by atoms with E-state index < -0.39 is 5.91 Å². The molecule has 0 aliphatic carbocycles. The first-order valence-electron chi connectivity index (χ1n) is 10.7. The van der Waals surface area contributed by atoms with Crippen LogP contribution < -0.4 is 10.6 Å². The normalized spacial score (nSPS) is 11.9. The standard InChI is InChI=1S/C23H24N8O2S/c1-13(2)20-8-15(11-34-20)10-24-22(32)18-9-19(26-12-25-18)23(33)27-14(3)16-4-6-17(7-5-16)21-28-30-31-29-21/h4-9,11-14H,10H2,1-3H3,(H,24,32)(H,27,33)(H,28,29,30,31)/t14-/m0/s1. The van der Waals surface area contributed by atoms with E-state index in [1.54, 1.807) is 11.3 Å². The van der Waals surface area contributed by atoms with E-state index in [1.807, 2.05) is 36.6 Å². The zero-order valence-corrected chi connectivity index (χ0v) is 19.8. The summed E-state index contributed by atoms with van der Waals surface area (Å²) in [5, 5.41) is 21.6. The average molecular weight is 477 g/mol. The van der Waals surface area contributed by atoms with Crippen molar-refractivity contribution in [3.05, 3.63) is 75.5 Å². The maximum Gasteiger partial charge on any atom is 0.270 e. The lowest BCUT2D eigenvalue weighted by Gasteiger charge is -2.14. The third-order valence-electron chi connectivity index (χ3n) is 5.19. The first-order valence-corrected chi connectivity index (χ1v) is 11.6. The number of thiophene rings is 1. The van der Waals surface area contributed by atoms with Crippen molar-refractivity contribution in [2.24, 2.45) is 0 Å². The molecule has 0 spiro atoms. The Balaban J connectivity index is 1.36. The molecular formula is C23H24N8O2S. The van der Waals surface area contributed by atoms with Crippen LogP contribution in [0.15, 0.2) is 48.1 Å². The minimum atomic E-state index is -0.398. The minimum absolute atomic E-state index is 0.119. The van der Waals surface area contributed by atoms with Crippen molar-refractivity contribution >= 4 is 23.2 Å². The van der Waals surface area contributed by atoms with Crippen LogP contribution >= 0.6 is 11.3 Å². The van der Waals surface area contributed by atoms with Gasteiger partial charge in [0.25, 0.3) is 11.8 Å². The number of carbonyl (C=O) groups is 2. The Kier molecular flexibility index (Phi) is 7.02. The van der Waals surface area contributed by atoms with Gasteiger partial charge in [0.2, 0.25) is 5.82 Å². The highest BCUT2D eigenvalue weighted by molar-refractivity contribution is 7.10. The van der Waals surface area contributed by atoms with Crippen molar-refractivity contribution < 1.29 is 9.59 Å².